The number of rotatable bonds is 3. The van der Waals surface area contributed by atoms with E-state index in [0.29, 0.717) is 18.5 Å². The van der Waals surface area contributed by atoms with E-state index in [1.54, 1.807) is 0 Å². The largest absolute Gasteiger partial charge is 0.459 e. The molecule has 0 spiro atoms. The van der Waals surface area contributed by atoms with E-state index in [4.69, 9.17) is 4.42 Å². The normalized spacial score (nSPS) is 22.0. The van der Waals surface area contributed by atoms with Gasteiger partial charge in [-0.2, -0.15) is 0 Å². The molecule has 4 heterocycles. The fourth-order valence-corrected chi connectivity index (χ4v) is 4.47. The van der Waals surface area contributed by atoms with Gasteiger partial charge in [0, 0.05) is 24.0 Å². The molecule has 2 bridgehead atoms. The molecule has 0 radical (unpaired) electrons. The van der Waals surface area contributed by atoms with Crippen LogP contribution >= 0.6 is 36.2 Å². The maximum atomic E-state index is 12.8. The van der Waals surface area contributed by atoms with Crippen LogP contribution in [0.2, 0.25) is 0 Å². The molecular weight excluding hydrogens is 381 g/mol. The van der Waals surface area contributed by atoms with E-state index in [1.807, 2.05) is 24.4 Å². The van der Waals surface area contributed by atoms with Crippen LogP contribution in [0.25, 0.3) is 10.8 Å². The van der Waals surface area contributed by atoms with Crippen LogP contribution in [0.5, 0.6) is 0 Å². The molecule has 138 valence electrons. The summed E-state index contributed by atoms with van der Waals surface area (Å²) in [5, 5.41) is 6.26. The van der Waals surface area contributed by atoms with Crippen LogP contribution in [0.3, 0.4) is 0 Å². The summed E-state index contributed by atoms with van der Waals surface area (Å²) < 4.78 is 5.61. The Balaban J connectivity index is 0.00000113. The van der Waals surface area contributed by atoms with E-state index < -0.39 is 0 Å². The minimum Gasteiger partial charge on any atom is -0.459 e. The smallest absolute Gasteiger partial charge is 0.229 e. The van der Waals surface area contributed by atoms with Crippen LogP contribution < -0.4 is 5.32 Å². The number of halogens is 2. The van der Waals surface area contributed by atoms with E-state index in [-0.39, 0.29) is 30.7 Å². The summed E-state index contributed by atoms with van der Waals surface area (Å²) in [7, 11) is 0. The first-order chi connectivity index (χ1) is 11.2. The van der Waals surface area contributed by atoms with Crippen molar-refractivity contribution in [1.82, 2.24) is 15.2 Å². The molecule has 0 aromatic carbocycles. The van der Waals surface area contributed by atoms with Crippen LogP contribution in [0, 0.1) is 6.92 Å². The Kier molecular flexibility index (Phi) is 6.91. The zero-order valence-electron chi connectivity index (χ0n) is 14.1. The van der Waals surface area contributed by atoms with E-state index in [0.717, 1.165) is 54.6 Å². The minimum atomic E-state index is 0. The molecule has 2 atom stereocenters. The lowest BCUT2D eigenvalue weighted by Gasteiger charge is -2.27. The average molecular weight is 404 g/mol. The SMILES string of the molecule is Cc1ccc(-c2nc(CC(=O)N3C4CCNCC3CC4)cs2)o1.Cl.Cl. The van der Waals surface area contributed by atoms with Crippen molar-refractivity contribution < 1.29 is 9.21 Å². The van der Waals surface area contributed by atoms with E-state index in [1.165, 1.54) is 11.3 Å². The van der Waals surface area contributed by atoms with Crippen molar-refractivity contribution in [2.45, 2.75) is 44.7 Å². The molecule has 2 fully saturated rings. The molecular formula is C17H23Cl2N3O2S. The van der Waals surface area contributed by atoms with Gasteiger partial charge in [-0.25, -0.2) is 4.98 Å². The summed E-state index contributed by atoms with van der Waals surface area (Å²) in [6, 6.07) is 4.64. The Hall–Kier alpha value is -1.08. The van der Waals surface area contributed by atoms with E-state index in [2.05, 4.69) is 15.2 Å². The highest BCUT2D eigenvalue weighted by Gasteiger charge is 2.37. The summed E-state index contributed by atoms with van der Waals surface area (Å²) in [5.74, 6) is 1.88. The lowest BCUT2D eigenvalue weighted by atomic mass is 10.1. The van der Waals surface area contributed by atoms with Gasteiger partial charge in [0.2, 0.25) is 5.91 Å². The number of fused-ring (bicyclic) bond motifs is 2. The molecule has 5 nitrogen and oxygen atoms in total. The molecule has 2 saturated heterocycles. The Labute approximate surface area is 164 Å². The molecule has 1 N–H and O–H groups in total. The number of hydrogen-bond donors (Lipinski definition) is 1. The molecule has 4 rings (SSSR count). The van der Waals surface area contributed by atoms with Crippen LogP contribution in [0.4, 0.5) is 0 Å². The van der Waals surface area contributed by atoms with Gasteiger partial charge >= 0.3 is 0 Å². The predicted octanol–water partition coefficient (Wildman–Crippen LogP) is 3.45. The Morgan fingerprint density at radius 3 is 2.88 bits per heavy atom. The van der Waals surface area contributed by atoms with Gasteiger partial charge in [0.1, 0.15) is 5.76 Å². The van der Waals surface area contributed by atoms with Crippen molar-refractivity contribution in [3.05, 3.63) is 29.0 Å². The van der Waals surface area contributed by atoms with Crippen LogP contribution in [-0.4, -0.2) is 41.0 Å². The number of carbonyl (C=O) groups excluding carboxylic acids is 1. The molecule has 8 heteroatoms. The third-order valence-corrected chi connectivity index (χ3v) is 5.68. The van der Waals surface area contributed by atoms with Crippen molar-refractivity contribution in [3.63, 3.8) is 0 Å². The highest BCUT2D eigenvalue weighted by atomic mass is 35.5. The van der Waals surface area contributed by atoms with E-state index >= 15 is 0 Å². The third kappa shape index (κ3) is 4.19. The second-order valence-corrected chi connectivity index (χ2v) is 7.27. The van der Waals surface area contributed by atoms with Gasteiger partial charge in [-0.3, -0.25) is 4.79 Å². The first kappa shape index (κ1) is 20.2. The fraction of sp³-hybridized carbons (Fsp3) is 0.529. The number of hydrogen-bond acceptors (Lipinski definition) is 5. The quantitative estimate of drug-likeness (QED) is 0.852. The van der Waals surface area contributed by atoms with Crippen LogP contribution in [0.1, 0.15) is 30.7 Å². The number of nitrogens with zero attached hydrogens (tertiary/aromatic N) is 2. The van der Waals surface area contributed by atoms with Gasteiger partial charge < -0.3 is 14.6 Å². The number of aromatic nitrogens is 1. The zero-order valence-corrected chi connectivity index (χ0v) is 16.5. The van der Waals surface area contributed by atoms with Gasteiger partial charge in [-0.1, -0.05) is 0 Å². The van der Waals surface area contributed by atoms with E-state index in [9.17, 15) is 4.79 Å². The summed E-state index contributed by atoms with van der Waals surface area (Å²) >= 11 is 1.54. The second kappa shape index (κ2) is 8.54. The molecule has 1 amide bonds. The Morgan fingerprint density at radius 2 is 2.12 bits per heavy atom. The van der Waals surface area contributed by atoms with Crippen molar-refractivity contribution >= 4 is 42.1 Å². The van der Waals surface area contributed by atoms with Crippen molar-refractivity contribution in [2.75, 3.05) is 13.1 Å². The monoisotopic (exact) mass is 403 g/mol. The molecule has 25 heavy (non-hydrogen) atoms. The van der Waals surface area contributed by atoms with Gasteiger partial charge in [-0.15, -0.1) is 36.2 Å². The number of amides is 1. The molecule has 0 saturated carbocycles. The lowest BCUT2D eigenvalue weighted by Crippen LogP contribution is -2.43. The molecule has 2 aliphatic rings. The highest BCUT2D eigenvalue weighted by molar-refractivity contribution is 7.13. The summed E-state index contributed by atoms with van der Waals surface area (Å²) in [6.07, 6.45) is 3.73. The topological polar surface area (TPSA) is 58.4 Å². The minimum absolute atomic E-state index is 0. The highest BCUT2D eigenvalue weighted by Crippen LogP contribution is 2.30. The van der Waals surface area contributed by atoms with Crippen molar-refractivity contribution in [3.8, 4) is 10.8 Å². The van der Waals surface area contributed by atoms with Gasteiger partial charge in [0.05, 0.1) is 12.1 Å². The number of carbonyl (C=O) groups is 1. The summed E-state index contributed by atoms with van der Waals surface area (Å²) in [4.78, 5) is 19.5. The third-order valence-electron chi connectivity index (χ3n) is 4.78. The average Bonchev–Trinajstić information content (AvgIpc) is 3.18. The van der Waals surface area contributed by atoms with Crippen LogP contribution in [0.15, 0.2) is 21.9 Å². The zero-order chi connectivity index (χ0) is 15.8. The molecule has 0 aliphatic carbocycles. The second-order valence-electron chi connectivity index (χ2n) is 6.41. The van der Waals surface area contributed by atoms with Gasteiger partial charge in [-0.05, 0) is 44.9 Å². The summed E-state index contributed by atoms with van der Waals surface area (Å²) in [6.45, 7) is 3.87. The first-order valence-electron chi connectivity index (χ1n) is 8.24. The van der Waals surface area contributed by atoms with Gasteiger partial charge in [0.25, 0.3) is 0 Å². The number of furan rings is 1. The first-order valence-corrected chi connectivity index (χ1v) is 9.12. The predicted molar refractivity (Wildman–Crippen MR) is 104 cm³/mol. The van der Waals surface area contributed by atoms with Crippen LogP contribution in [-0.2, 0) is 11.2 Å². The number of thiazole rings is 1. The van der Waals surface area contributed by atoms with Gasteiger partial charge in [0.15, 0.2) is 10.8 Å². The Morgan fingerprint density at radius 1 is 1.32 bits per heavy atom. The molecule has 2 aliphatic heterocycles. The Bertz CT molecular complexity index is 704. The maximum Gasteiger partial charge on any atom is 0.229 e. The number of aryl methyl sites for hydroxylation is 1. The van der Waals surface area contributed by atoms with Crippen molar-refractivity contribution in [2.24, 2.45) is 0 Å². The maximum absolute atomic E-state index is 12.8. The number of nitrogens with one attached hydrogen (secondary N) is 1. The molecule has 2 aromatic heterocycles. The lowest BCUT2D eigenvalue weighted by molar-refractivity contribution is -0.133. The standard InChI is InChI=1S/C17H21N3O2S.2ClH/c1-11-2-5-15(22-11)17-19-12(10-23-17)8-16(21)20-13-3-4-14(20)9-18-7-6-13;;/h2,5,10,13-14,18H,3-4,6-9H2,1H3;2*1H. The fourth-order valence-electron chi connectivity index (χ4n) is 3.69. The molecule has 2 aromatic rings. The summed E-state index contributed by atoms with van der Waals surface area (Å²) in [5.41, 5.74) is 0.848. The molecule has 2 unspecified atom stereocenters. The van der Waals surface area contributed by atoms with Crippen molar-refractivity contribution in [1.29, 1.82) is 0 Å².